The molecule has 1 aromatic carbocycles. The smallest absolute Gasteiger partial charge is 0.239 e. The van der Waals surface area contributed by atoms with Crippen LogP contribution >= 0.6 is 0 Å². The second-order valence-electron chi connectivity index (χ2n) is 5.50. The lowest BCUT2D eigenvalue weighted by Gasteiger charge is -2.31. The van der Waals surface area contributed by atoms with E-state index in [9.17, 15) is 9.59 Å². The van der Waals surface area contributed by atoms with Crippen molar-refractivity contribution in [2.45, 2.75) is 13.0 Å². The van der Waals surface area contributed by atoms with Crippen molar-refractivity contribution in [2.75, 3.05) is 40.3 Å². The Labute approximate surface area is 131 Å². The zero-order chi connectivity index (χ0) is 16.1. The molecule has 0 bridgehead atoms. The van der Waals surface area contributed by atoms with Crippen LogP contribution in [0.3, 0.4) is 0 Å². The average Bonchev–Trinajstić information content (AvgIpc) is 2.54. The first-order valence-corrected chi connectivity index (χ1v) is 7.40. The number of carbonyl (C=O) groups excluding carboxylic acids is 2. The first-order valence-electron chi connectivity index (χ1n) is 7.40. The number of piperazine rings is 1. The molecule has 1 atom stereocenters. The van der Waals surface area contributed by atoms with E-state index < -0.39 is 0 Å². The van der Waals surface area contributed by atoms with E-state index in [1.807, 2.05) is 43.1 Å². The van der Waals surface area contributed by atoms with Gasteiger partial charge in [0.05, 0.1) is 20.2 Å². The number of para-hydroxylation sites is 1. The summed E-state index contributed by atoms with van der Waals surface area (Å²) in [6.45, 7) is 3.55. The molecule has 0 aliphatic carbocycles. The molecule has 2 rings (SSSR count). The zero-order valence-corrected chi connectivity index (χ0v) is 13.3. The Hall–Kier alpha value is -2.08. The predicted molar refractivity (Wildman–Crippen MR) is 83.6 cm³/mol. The van der Waals surface area contributed by atoms with Crippen molar-refractivity contribution in [1.29, 1.82) is 0 Å². The fourth-order valence-electron chi connectivity index (χ4n) is 2.55. The Bertz CT molecular complexity index is 547. The van der Waals surface area contributed by atoms with E-state index in [2.05, 4.69) is 5.32 Å². The van der Waals surface area contributed by atoms with Crippen molar-refractivity contribution >= 4 is 11.8 Å². The van der Waals surface area contributed by atoms with Crippen molar-refractivity contribution in [3.8, 4) is 5.75 Å². The van der Waals surface area contributed by atoms with Gasteiger partial charge in [-0.15, -0.1) is 0 Å². The van der Waals surface area contributed by atoms with Crippen molar-refractivity contribution in [3.05, 3.63) is 29.8 Å². The van der Waals surface area contributed by atoms with Gasteiger partial charge >= 0.3 is 0 Å². The summed E-state index contributed by atoms with van der Waals surface area (Å²) in [4.78, 5) is 27.3. The molecule has 1 aliphatic rings. The Kier molecular flexibility index (Phi) is 5.38. The third-order valence-electron chi connectivity index (χ3n) is 4.03. The van der Waals surface area contributed by atoms with Crippen LogP contribution in [-0.4, -0.2) is 62.0 Å². The molecule has 0 saturated carbocycles. The molecule has 1 heterocycles. The summed E-state index contributed by atoms with van der Waals surface area (Å²) < 4.78 is 5.38. The Balaban J connectivity index is 2.00. The number of nitrogens with one attached hydrogen (secondary N) is 1. The molecule has 0 radical (unpaired) electrons. The van der Waals surface area contributed by atoms with E-state index in [-0.39, 0.29) is 30.9 Å². The zero-order valence-electron chi connectivity index (χ0n) is 13.3. The van der Waals surface area contributed by atoms with Crippen LogP contribution in [0, 0.1) is 0 Å². The topological polar surface area (TPSA) is 61.9 Å². The number of rotatable bonds is 5. The van der Waals surface area contributed by atoms with E-state index in [0.717, 1.165) is 11.3 Å². The fraction of sp³-hybridized carbons (Fsp3) is 0.500. The summed E-state index contributed by atoms with van der Waals surface area (Å²) in [6.07, 6.45) is 0. The van der Waals surface area contributed by atoms with Crippen molar-refractivity contribution in [1.82, 2.24) is 15.1 Å². The molecule has 1 fully saturated rings. The van der Waals surface area contributed by atoms with Gasteiger partial charge in [-0.3, -0.25) is 14.5 Å². The van der Waals surface area contributed by atoms with Crippen LogP contribution in [0.1, 0.15) is 18.5 Å². The highest BCUT2D eigenvalue weighted by Crippen LogP contribution is 2.27. The molecule has 0 unspecified atom stereocenters. The van der Waals surface area contributed by atoms with E-state index in [1.54, 1.807) is 12.0 Å². The standard InChI is InChI=1S/C16H23N3O3/c1-12(13-6-4-5-7-14(13)22-3)18(2)11-16(21)19-9-8-17-15(20)10-19/h4-7,12H,8-11H2,1-3H3,(H,17,20)/t12-/m1/s1. The number of carbonyl (C=O) groups is 2. The fourth-order valence-corrected chi connectivity index (χ4v) is 2.55. The molecule has 6 nitrogen and oxygen atoms in total. The molecular formula is C16H23N3O3. The minimum atomic E-state index is -0.0972. The number of ether oxygens (including phenoxy) is 1. The molecule has 22 heavy (non-hydrogen) atoms. The maximum atomic E-state index is 12.3. The molecule has 6 heteroatoms. The summed E-state index contributed by atoms with van der Waals surface area (Å²) in [5.74, 6) is 0.686. The Morgan fingerprint density at radius 2 is 2.18 bits per heavy atom. The van der Waals surface area contributed by atoms with Crippen LogP contribution in [0.5, 0.6) is 5.75 Å². The summed E-state index contributed by atoms with van der Waals surface area (Å²) in [6, 6.07) is 7.83. The lowest BCUT2D eigenvalue weighted by Crippen LogP contribution is -2.52. The van der Waals surface area contributed by atoms with E-state index in [4.69, 9.17) is 4.74 Å². The van der Waals surface area contributed by atoms with Crippen LogP contribution in [0.2, 0.25) is 0 Å². The monoisotopic (exact) mass is 305 g/mol. The van der Waals surface area contributed by atoms with Gasteiger partial charge in [0, 0.05) is 24.7 Å². The molecule has 1 N–H and O–H groups in total. The third kappa shape index (κ3) is 3.76. The number of benzene rings is 1. The van der Waals surface area contributed by atoms with Gasteiger partial charge in [0.15, 0.2) is 0 Å². The summed E-state index contributed by atoms with van der Waals surface area (Å²) in [5.41, 5.74) is 1.04. The summed E-state index contributed by atoms with van der Waals surface area (Å²) in [7, 11) is 3.54. The first-order chi connectivity index (χ1) is 10.5. The summed E-state index contributed by atoms with van der Waals surface area (Å²) >= 11 is 0. The number of methoxy groups -OCH3 is 1. The quantitative estimate of drug-likeness (QED) is 0.867. The van der Waals surface area contributed by atoms with Crippen molar-refractivity contribution in [2.24, 2.45) is 0 Å². The number of nitrogens with zero attached hydrogens (tertiary/aromatic N) is 2. The first kappa shape index (κ1) is 16.3. The SMILES string of the molecule is COc1ccccc1[C@@H](C)N(C)CC(=O)N1CCNC(=O)C1. The van der Waals surface area contributed by atoms with Gasteiger partial charge in [-0.05, 0) is 20.0 Å². The van der Waals surface area contributed by atoms with Gasteiger partial charge in [0.25, 0.3) is 0 Å². The highest BCUT2D eigenvalue weighted by Gasteiger charge is 2.24. The van der Waals surface area contributed by atoms with Gasteiger partial charge in [-0.25, -0.2) is 0 Å². The average molecular weight is 305 g/mol. The molecule has 1 aromatic rings. The second kappa shape index (κ2) is 7.26. The molecule has 1 aliphatic heterocycles. The molecule has 0 aromatic heterocycles. The lowest BCUT2D eigenvalue weighted by atomic mass is 10.1. The van der Waals surface area contributed by atoms with E-state index >= 15 is 0 Å². The normalized spacial score (nSPS) is 16.4. The van der Waals surface area contributed by atoms with Crippen molar-refractivity contribution in [3.63, 3.8) is 0 Å². The molecule has 120 valence electrons. The molecule has 0 spiro atoms. The highest BCUT2D eigenvalue weighted by molar-refractivity contribution is 5.86. The van der Waals surface area contributed by atoms with Crippen LogP contribution in [0.25, 0.3) is 0 Å². The van der Waals surface area contributed by atoms with E-state index in [1.165, 1.54) is 0 Å². The second-order valence-corrected chi connectivity index (χ2v) is 5.50. The van der Waals surface area contributed by atoms with Crippen LogP contribution < -0.4 is 10.1 Å². The molecular weight excluding hydrogens is 282 g/mol. The van der Waals surface area contributed by atoms with Gasteiger partial charge in [-0.2, -0.15) is 0 Å². The maximum Gasteiger partial charge on any atom is 0.239 e. The van der Waals surface area contributed by atoms with Gasteiger partial charge in [-0.1, -0.05) is 18.2 Å². The van der Waals surface area contributed by atoms with Crippen LogP contribution in [0.15, 0.2) is 24.3 Å². The third-order valence-corrected chi connectivity index (χ3v) is 4.03. The Morgan fingerprint density at radius 1 is 1.45 bits per heavy atom. The van der Waals surface area contributed by atoms with Gasteiger partial charge < -0.3 is 15.0 Å². The minimum absolute atomic E-state index is 0.0286. The highest BCUT2D eigenvalue weighted by atomic mass is 16.5. The maximum absolute atomic E-state index is 12.3. The number of hydrogen-bond acceptors (Lipinski definition) is 4. The number of hydrogen-bond donors (Lipinski definition) is 1. The van der Waals surface area contributed by atoms with Crippen molar-refractivity contribution < 1.29 is 14.3 Å². The van der Waals surface area contributed by atoms with E-state index in [0.29, 0.717) is 13.1 Å². The largest absolute Gasteiger partial charge is 0.496 e. The van der Waals surface area contributed by atoms with Gasteiger partial charge in [0.1, 0.15) is 5.75 Å². The lowest BCUT2D eigenvalue weighted by molar-refractivity contribution is -0.139. The Morgan fingerprint density at radius 3 is 2.86 bits per heavy atom. The van der Waals surface area contributed by atoms with Crippen LogP contribution in [-0.2, 0) is 9.59 Å². The molecule has 1 saturated heterocycles. The number of amides is 2. The summed E-state index contributed by atoms with van der Waals surface area (Å²) in [5, 5.41) is 2.72. The number of likely N-dealkylation sites (N-methyl/N-ethyl adjacent to an activating group) is 1. The molecule has 2 amide bonds. The van der Waals surface area contributed by atoms with Crippen LogP contribution in [0.4, 0.5) is 0 Å². The minimum Gasteiger partial charge on any atom is -0.496 e. The predicted octanol–water partition coefficient (Wildman–Crippen LogP) is 0.646. The van der Waals surface area contributed by atoms with Gasteiger partial charge in [0.2, 0.25) is 11.8 Å².